The molecule has 4 rings (SSSR count). The third-order valence-electron chi connectivity index (χ3n) is 6.93. The number of aliphatic carboxylic acids is 1. The topological polar surface area (TPSA) is 105 Å². The van der Waals surface area contributed by atoms with Crippen LogP contribution >= 0.6 is 0 Å². The standard InChI is InChI=1S/C27H32N2O5/c1-2-3-12-24(25(30)28-18-14-13-17(15-18)26(31)32)29-27(33)34-16-23-21-10-6-4-8-19(21)20-9-5-7-11-22(20)23/h4-11,17-18,23-24H,2-3,12-16H2,1H3,(H,28,30)(H,29,33)(H,31,32). The van der Waals surface area contributed by atoms with Crippen molar-refractivity contribution in [2.75, 3.05) is 6.61 Å². The van der Waals surface area contributed by atoms with Crippen molar-refractivity contribution < 1.29 is 24.2 Å². The molecule has 2 aromatic carbocycles. The van der Waals surface area contributed by atoms with Crippen molar-refractivity contribution >= 4 is 18.0 Å². The van der Waals surface area contributed by atoms with Crippen LogP contribution in [0.5, 0.6) is 0 Å². The molecule has 0 aliphatic heterocycles. The fraction of sp³-hybridized carbons (Fsp3) is 0.444. The Balaban J connectivity index is 1.36. The van der Waals surface area contributed by atoms with E-state index in [1.807, 2.05) is 31.2 Å². The first-order valence-corrected chi connectivity index (χ1v) is 12.1. The second kappa shape index (κ2) is 10.7. The molecule has 7 heteroatoms. The van der Waals surface area contributed by atoms with Gasteiger partial charge in [-0.3, -0.25) is 9.59 Å². The van der Waals surface area contributed by atoms with Crippen LogP contribution in [0.15, 0.2) is 48.5 Å². The molecule has 180 valence electrons. The van der Waals surface area contributed by atoms with Gasteiger partial charge in [-0.05, 0) is 47.9 Å². The van der Waals surface area contributed by atoms with E-state index in [0.717, 1.165) is 35.1 Å². The minimum absolute atomic E-state index is 0.0486. The zero-order chi connectivity index (χ0) is 24.1. The summed E-state index contributed by atoms with van der Waals surface area (Å²) < 4.78 is 5.61. The second-order valence-electron chi connectivity index (χ2n) is 9.22. The molecule has 2 aliphatic rings. The van der Waals surface area contributed by atoms with Gasteiger partial charge in [-0.1, -0.05) is 68.3 Å². The molecule has 7 nitrogen and oxygen atoms in total. The van der Waals surface area contributed by atoms with E-state index in [0.29, 0.717) is 25.7 Å². The third kappa shape index (κ3) is 5.24. The fourth-order valence-electron chi connectivity index (χ4n) is 5.10. The molecule has 2 aromatic rings. The van der Waals surface area contributed by atoms with Gasteiger partial charge in [0.05, 0.1) is 5.92 Å². The van der Waals surface area contributed by atoms with Gasteiger partial charge in [0.1, 0.15) is 12.6 Å². The van der Waals surface area contributed by atoms with Crippen LogP contribution in [0.2, 0.25) is 0 Å². The van der Waals surface area contributed by atoms with Gasteiger partial charge < -0.3 is 20.5 Å². The van der Waals surface area contributed by atoms with Crippen molar-refractivity contribution in [2.45, 2.75) is 63.5 Å². The van der Waals surface area contributed by atoms with Crippen LogP contribution in [-0.2, 0) is 14.3 Å². The lowest BCUT2D eigenvalue weighted by Crippen LogP contribution is -2.49. The molecule has 3 unspecified atom stereocenters. The summed E-state index contributed by atoms with van der Waals surface area (Å²) in [7, 11) is 0. The summed E-state index contributed by atoms with van der Waals surface area (Å²) in [6.07, 6.45) is 3.17. The lowest BCUT2D eigenvalue weighted by molar-refractivity contribution is -0.141. The molecule has 0 saturated heterocycles. The summed E-state index contributed by atoms with van der Waals surface area (Å²) >= 11 is 0. The molecular formula is C27H32N2O5. The van der Waals surface area contributed by atoms with Crippen molar-refractivity contribution in [1.82, 2.24) is 10.6 Å². The maximum absolute atomic E-state index is 12.9. The van der Waals surface area contributed by atoms with Crippen LogP contribution in [0.1, 0.15) is 62.5 Å². The number of nitrogens with one attached hydrogen (secondary N) is 2. The zero-order valence-electron chi connectivity index (χ0n) is 19.5. The molecule has 2 amide bonds. The smallest absolute Gasteiger partial charge is 0.407 e. The molecule has 0 bridgehead atoms. The molecule has 2 aliphatic carbocycles. The van der Waals surface area contributed by atoms with Crippen LogP contribution in [0.4, 0.5) is 4.79 Å². The average molecular weight is 465 g/mol. The molecular weight excluding hydrogens is 432 g/mol. The first-order valence-electron chi connectivity index (χ1n) is 12.1. The highest BCUT2D eigenvalue weighted by molar-refractivity contribution is 5.86. The summed E-state index contributed by atoms with van der Waals surface area (Å²) in [5.41, 5.74) is 4.57. The number of alkyl carbamates (subject to hydrolysis) is 1. The van der Waals surface area contributed by atoms with Gasteiger partial charge in [0, 0.05) is 12.0 Å². The number of amides is 2. The first kappa shape index (κ1) is 23.8. The predicted molar refractivity (Wildman–Crippen MR) is 128 cm³/mol. The predicted octanol–water partition coefficient (Wildman–Crippen LogP) is 4.45. The summed E-state index contributed by atoms with van der Waals surface area (Å²) in [5.74, 6) is -1.57. The minimum Gasteiger partial charge on any atom is -0.481 e. The molecule has 1 saturated carbocycles. The molecule has 3 atom stereocenters. The Bertz CT molecular complexity index is 1010. The molecule has 1 fully saturated rings. The number of carboxylic acids is 1. The number of carbonyl (C=O) groups excluding carboxylic acids is 2. The number of hydrogen-bond donors (Lipinski definition) is 3. The van der Waals surface area contributed by atoms with Crippen molar-refractivity contribution in [2.24, 2.45) is 5.92 Å². The Labute approximate surface area is 199 Å². The van der Waals surface area contributed by atoms with E-state index in [4.69, 9.17) is 4.74 Å². The van der Waals surface area contributed by atoms with Gasteiger partial charge in [-0.2, -0.15) is 0 Å². The van der Waals surface area contributed by atoms with Crippen LogP contribution in [0, 0.1) is 5.92 Å². The third-order valence-corrected chi connectivity index (χ3v) is 6.93. The summed E-state index contributed by atoms with van der Waals surface area (Å²) in [6, 6.07) is 15.4. The summed E-state index contributed by atoms with van der Waals surface area (Å²) in [6.45, 7) is 2.21. The summed E-state index contributed by atoms with van der Waals surface area (Å²) in [4.78, 5) is 36.8. The second-order valence-corrected chi connectivity index (χ2v) is 9.22. The van der Waals surface area contributed by atoms with Gasteiger partial charge in [0.25, 0.3) is 0 Å². The maximum Gasteiger partial charge on any atom is 0.407 e. The van der Waals surface area contributed by atoms with Crippen LogP contribution < -0.4 is 10.6 Å². The monoisotopic (exact) mass is 464 g/mol. The lowest BCUT2D eigenvalue weighted by atomic mass is 9.98. The van der Waals surface area contributed by atoms with E-state index < -0.39 is 24.0 Å². The highest BCUT2D eigenvalue weighted by atomic mass is 16.5. The number of hydrogen-bond acceptors (Lipinski definition) is 4. The fourth-order valence-corrected chi connectivity index (χ4v) is 5.10. The first-order chi connectivity index (χ1) is 16.5. The number of benzene rings is 2. The number of rotatable bonds is 9. The largest absolute Gasteiger partial charge is 0.481 e. The Morgan fingerprint density at radius 3 is 2.26 bits per heavy atom. The highest BCUT2D eigenvalue weighted by Gasteiger charge is 2.33. The average Bonchev–Trinajstić information content (AvgIpc) is 3.43. The van der Waals surface area contributed by atoms with Crippen LogP contribution in [-0.4, -0.2) is 41.8 Å². The highest BCUT2D eigenvalue weighted by Crippen LogP contribution is 2.44. The Hall–Kier alpha value is -3.35. The van der Waals surface area contributed by atoms with E-state index in [9.17, 15) is 19.5 Å². The van der Waals surface area contributed by atoms with Gasteiger partial charge >= 0.3 is 12.1 Å². The zero-order valence-corrected chi connectivity index (χ0v) is 19.5. The van der Waals surface area contributed by atoms with Crippen molar-refractivity contribution in [1.29, 1.82) is 0 Å². The quantitative estimate of drug-likeness (QED) is 0.508. The number of fused-ring (bicyclic) bond motifs is 3. The molecule has 0 aromatic heterocycles. The maximum atomic E-state index is 12.9. The van der Waals surface area contributed by atoms with Gasteiger partial charge in [0.2, 0.25) is 5.91 Å². The van der Waals surface area contributed by atoms with E-state index in [1.165, 1.54) is 0 Å². The molecule has 0 spiro atoms. The number of carbonyl (C=O) groups is 3. The van der Waals surface area contributed by atoms with Crippen LogP contribution in [0.25, 0.3) is 11.1 Å². The number of ether oxygens (including phenoxy) is 1. The number of carboxylic acid groups (broad SMARTS) is 1. The molecule has 3 N–H and O–H groups in total. The number of unbranched alkanes of at least 4 members (excludes halogenated alkanes) is 1. The van der Waals surface area contributed by atoms with Crippen LogP contribution in [0.3, 0.4) is 0 Å². The normalized spacial score (nSPS) is 19.7. The van der Waals surface area contributed by atoms with Crippen molar-refractivity contribution in [3.8, 4) is 11.1 Å². The van der Waals surface area contributed by atoms with E-state index in [2.05, 4.69) is 34.9 Å². The Morgan fingerprint density at radius 1 is 1.03 bits per heavy atom. The molecule has 0 radical (unpaired) electrons. The van der Waals surface area contributed by atoms with Crippen molar-refractivity contribution in [3.63, 3.8) is 0 Å². The molecule has 34 heavy (non-hydrogen) atoms. The van der Waals surface area contributed by atoms with Gasteiger partial charge in [-0.15, -0.1) is 0 Å². The molecule has 0 heterocycles. The Morgan fingerprint density at radius 2 is 1.68 bits per heavy atom. The van der Waals surface area contributed by atoms with Gasteiger partial charge in [0.15, 0.2) is 0 Å². The summed E-state index contributed by atoms with van der Waals surface area (Å²) in [5, 5.41) is 14.9. The Kier molecular flexibility index (Phi) is 7.50. The SMILES string of the molecule is CCCCC(NC(=O)OCC1c2ccccc2-c2ccccc21)C(=O)NC1CCC(C(=O)O)C1. The lowest BCUT2D eigenvalue weighted by Gasteiger charge is -2.21. The van der Waals surface area contributed by atoms with E-state index >= 15 is 0 Å². The van der Waals surface area contributed by atoms with E-state index in [-0.39, 0.29) is 24.5 Å². The van der Waals surface area contributed by atoms with Gasteiger partial charge in [-0.25, -0.2) is 4.79 Å². The van der Waals surface area contributed by atoms with Crippen molar-refractivity contribution in [3.05, 3.63) is 59.7 Å². The van der Waals surface area contributed by atoms with E-state index in [1.54, 1.807) is 0 Å². The minimum atomic E-state index is -0.823.